The Morgan fingerprint density at radius 1 is 1.05 bits per heavy atom. The van der Waals surface area contributed by atoms with Gasteiger partial charge in [0.1, 0.15) is 0 Å². The standard InChI is InChI=1S/C18H16N2O2/c1-11-7-8-16(19-12(2)21)14(9-11)18(22)17-10-13-5-3-4-6-15(13)20-17/h3-10,20H,1-2H3,(H,19,21). The summed E-state index contributed by atoms with van der Waals surface area (Å²) in [7, 11) is 0. The summed E-state index contributed by atoms with van der Waals surface area (Å²) in [4.78, 5) is 27.2. The third-order valence-corrected chi connectivity index (χ3v) is 3.50. The van der Waals surface area contributed by atoms with Crippen molar-refractivity contribution in [3.63, 3.8) is 0 Å². The van der Waals surface area contributed by atoms with Crippen LogP contribution in [0.4, 0.5) is 5.69 Å². The molecule has 0 aliphatic heterocycles. The van der Waals surface area contributed by atoms with E-state index in [-0.39, 0.29) is 11.7 Å². The maximum Gasteiger partial charge on any atom is 0.221 e. The molecule has 0 aliphatic carbocycles. The zero-order valence-corrected chi connectivity index (χ0v) is 12.4. The molecule has 0 bridgehead atoms. The van der Waals surface area contributed by atoms with Crippen molar-refractivity contribution in [3.05, 3.63) is 65.4 Å². The van der Waals surface area contributed by atoms with E-state index in [1.54, 1.807) is 12.1 Å². The van der Waals surface area contributed by atoms with Crippen molar-refractivity contribution in [3.8, 4) is 0 Å². The van der Waals surface area contributed by atoms with Crippen LogP contribution in [0.5, 0.6) is 0 Å². The van der Waals surface area contributed by atoms with Gasteiger partial charge in [-0.05, 0) is 31.2 Å². The largest absolute Gasteiger partial charge is 0.352 e. The third kappa shape index (κ3) is 2.63. The van der Waals surface area contributed by atoms with Gasteiger partial charge in [0.25, 0.3) is 0 Å². The van der Waals surface area contributed by atoms with Crippen LogP contribution in [-0.2, 0) is 4.79 Å². The van der Waals surface area contributed by atoms with E-state index in [0.29, 0.717) is 16.9 Å². The molecule has 0 aliphatic rings. The molecule has 2 N–H and O–H groups in total. The fraction of sp³-hybridized carbons (Fsp3) is 0.111. The van der Waals surface area contributed by atoms with E-state index < -0.39 is 0 Å². The highest BCUT2D eigenvalue weighted by atomic mass is 16.1. The summed E-state index contributed by atoms with van der Waals surface area (Å²) in [5, 5.41) is 3.70. The van der Waals surface area contributed by atoms with E-state index in [1.165, 1.54) is 6.92 Å². The molecule has 0 unspecified atom stereocenters. The average Bonchev–Trinajstić information content (AvgIpc) is 2.92. The van der Waals surface area contributed by atoms with Crippen LogP contribution in [0.15, 0.2) is 48.5 Å². The Balaban J connectivity index is 2.07. The molecule has 1 aromatic heterocycles. The minimum atomic E-state index is -0.199. The normalized spacial score (nSPS) is 10.6. The fourth-order valence-corrected chi connectivity index (χ4v) is 2.49. The maximum absolute atomic E-state index is 12.8. The number of hydrogen-bond acceptors (Lipinski definition) is 2. The summed E-state index contributed by atoms with van der Waals surface area (Å²) in [5.41, 5.74) is 3.41. The number of carbonyl (C=O) groups is 2. The van der Waals surface area contributed by atoms with Gasteiger partial charge in [-0.3, -0.25) is 9.59 Å². The lowest BCUT2D eigenvalue weighted by molar-refractivity contribution is -0.114. The Kier molecular flexibility index (Phi) is 3.51. The molecule has 0 saturated heterocycles. The van der Waals surface area contributed by atoms with Crippen molar-refractivity contribution in [2.75, 3.05) is 5.32 Å². The molecule has 110 valence electrons. The number of para-hydroxylation sites is 1. The first-order valence-electron chi connectivity index (χ1n) is 7.05. The second-order valence-electron chi connectivity index (χ2n) is 5.33. The molecule has 1 heterocycles. The molecule has 0 fully saturated rings. The SMILES string of the molecule is CC(=O)Nc1ccc(C)cc1C(=O)c1cc2ccccc2[nH]1. The second-order valence-corrected chi connectivity index (χ2v) is 5.33. The van der Waals surface area contributed by atoms with E-state index in [2.05, 4.69) is 10.3 Å². The lowest BCUT2D eigenvalue weighted by Crippen LogP contribution is -2.12. The quantitative estimate of drug-likeness (QED) is 0.724. The number of aromatic nitrogens is 1. The Hall–Kier alpha value is -2.88. The predicted molar refractivity (Wildman–Crippen MR) is 87.2 cm³/mol. The number of anilines is 1. The van der Waals surface area contributed by atoms with Gasteiger partial charge in [-0.1, -0.05) is 29.8 Å². The number of carbonyl (C=O) groups excluding carboxylic acids is 2. The maximum atomic E-state index is 12.8. The molecule has 0 atom stereocenters. The number of ketones is 1. The van der Waals surface area contributed by atoms with Crippen molar-refractivity contribution in [1.82, 2.24) is 4.98 Å². The summed E-state index contributed by atoms with van der Waals surface area (Å²) in [6, 6.07) is 15.0. The molecule has 22 heavy (non-hydrogen) atoms. The molecular weight excluding hydrogens is 276 g/mol. The monoisotopic (exact) mass is 292 g/mol. The highest BCUT2D eigenvalue weighted by molar-refractivity contribution is 6.14. The zero-order chi connectivity index (χ0) is 15.7. The van der Waals surface area contributed by atoms with Crippen LogP contribution in [0.25, 0.3) is 10.9 Å². The van der Waals surface area contributed by atoms with Crippen LogP contribution in [0.2, 0.25) is 0 Å². The van der Waals surface area contributed by atoms with Crippen molar-refractivity contribution in [2.45, 2.75) is 13.8 Å². The van der Waals surface area contributed by atoms with Gasteiger partial charge < -0.3 is 10.3 Å². The molecule has 0 spiro atoms. The summed E-state index contributed by atoms with van der Waals surface area (Å²) < 4.78 is 0. The van der Waals surface area contributed by atoms with Crippen molar-refractivity contribution >= 4 is 28.3 Å². The molecule has 3 rings (SSSR count). The highest BCUT2D eigenvalue weighted by Gasteiger charge is 2.16. The molecule has 4 heteroatoms. The topological polar surface area (TPSA) is 62.0 Å². The number of amides is 1. The van der Waals surface area contributed by atoms with Crippen LogP contribution in [-0.4, -0.2) is 16.7 Å². The molecule has 4 nitrogen and oxygen atoms in total. The van der Waals surface area contributed by atoms with Crippen molar-refractivity contribution in [2.24, 2.45) is 0 Å². The zero-order valence-electron chi connectivity index (χ0n) is 12.4. The van der Waals surface area contributed by atoms with Crippen LogP contribution in [0.1, 0.15) is 28.5 Å². The van der Waals surface area contributed by atoms with E-state index >= 15 is 0 Å². The van der Waals surface area contributed by atoms with Crippen LogP contribution in [0, 0.1) is 6.92 Å². The van der Waals surface area contributed by atoms with Gasteiger partial charge in [-0.15, -0.1) is 0 Å². The van der Waals surface area contributed by atoms with Gasteiger partial charge in [-0.25, -0.2) is 0 Å². The molecule has 2 aromatic carbocycles. The van der Waals surface area contributed by atoms with E-state index in [1.807, 2.05) is 43.3 Å². The molecule has 0 saturated carbocycles. The minimum Gasteiger partial charge on any atom is -0.352 e. The summed E-state index contributed by atoms with van der Waals surface area (Å²) >= 11 is 0. The predicted octanol–water partition coefficient (Wildman–Crippen LogP) is 3.67. The lowest BCUT2D eigenvalue weighted by Gasteiger charge is -2.09. The van der Waals surface area contributed by atoms with E-state index in [4.69, 9.17) is 0 Å². The summed E-state index contributed by atoms with van der Waals surface area (Å²) in [6.45, 7) is 3.34. The number of fused-ring (bicyclic) bond motifs is 1. The van der Waals surface area contributed by atoms with Crippen molar-refractivity contribution < 1.29 is 9.59 Å². The lowest BCUT2D eigenvalue weighted by atomic mass is 10.0. The van der Waals surface area contributed by atoms with Crippen molar-refractivity contribution in [1.29, 1.82) is 0 Å². The van der Waals surface area contributed by atoms with Gasteiger partial charge in [0.15, 0.2) is 0 Å². The number of hydrogen-bond donors (Lipinski definition) is 2. The molecule has 3 aromatic rings. The Labute approximate surface area is 128 Å². The van der Waals surface area contributed by atoms with E-state index in [0.717, 1.165) is 16.5 Å². The number of benzene rings is 2. The smallest absolute Gasteiger partial charge is 0.221 e. The molecule has 0 radical (unpaired) electrons. The van der Waals surface area contributed by atoms with Gasteiger partial charge in [0.05, 0.1) is 11.4 Å². The fourth-order valence-electron chi connectivity index (χ4n) is 2.49. The molecule has 1 amide bonds. The Morgan fingerprint density at radius 3 is 2.55 bits per heavy atom. The number of H-pyrrole nitrogens is 1. The summed E-state index contributed by atoms with van der Waals surface area (Å²) in [6.07, 6.45) is 0. The Bertz CT molecular complexity index is 845. The average molecular weight is 292 g/mol. The van der Waals surface area contributed by atoms with Crippen LogP contribution < -0.4 is 5.32 Å². The highest BCUT2D eigenvalue weighted by Crippen LogP contribution is 2.23. The van der Waals surface area contributed by atoms with Crippen LogP contribution in [0.3, 0.4) is 0 Å². The van der Waals surface area contributed by atoms with Gasteiger partial charge in [0, 0.05) is 23.4 Å². The van der Waals surface area contributed by atoms with Crippen LogP contribution >= 0.6 is 0 Å². The third-order valence-electron chi connectivity index (χ3n) is 3.50. The number of rotatable bonds is 3. The first-order chi connectivity index (χ1) is 10.5. The first-order valence-corrected chi connectivity index (χ1v) is 7.05. The minimum absolute atomic E-state index is 0.136. The van der Waals surface area contributed by atoms with Gasteiger partial charge in [-0.2, -0.15) is 0 Å². The summed E-state index contributed by atoms with van der Waals surface area (Å²) in [5.74, 6) is -0.335. The van der Waals surface area contributed by atoms with Gasteiger partial charge >= 0.3 is 0 Å². The Morgan fingerprint density at radius 2 is 1.82 bits per heavy atom. The first kappa shape index (κ1) is 14.1. The molecular formula is C18H16N2O2. The number of nitrogens with one attached hydrogen (secondary N) is 2. The second kappa shape index (κ2) is 5.48. The van der Waals surface area contributed by atoms with E-state index in [9.17, 15) is 9.59 Å². The van der Waals surface area contributed by atoms with Gasteiger partial charge in [0.2, 0.25) is 11.7 Å². The number of aromatic amines is 1. The number of aryl methyl sites for hydroxylation is 1.